The minimum Gasteiger partial charge on any atom is -0.378 e. The topological polar surface area (TPSA) is 175 Å². The Morgan fingerprint density at radius 3 is 2.83 bits per heavy atom. The van der Waals surface area contributed by atoms with Crippen LogP contribution >= 0.6 is 23.5 Å². The van der Waals surface area contributed by atoms with Crippen LogP contribution in [0.15, 0.2) is 26.9 Å². The van der Waals surface area contributed by atoms with Crippen molar-refractivity contribution in [1.29, 1.82) is 0 Å². The SMILES string of the molecule is NS(=O)(=O)c1cc2c(cc1Cl)N=C(CCC(=O)NCCOCCO[N+](=O)[O-])NS2. The number of carbonyl (C=O) groups is 1. The molecule has 15 heteroatoms. The predicted molar refractivity (Wildman–Crippen MR) is 105 cm³/mol. The van der Waals surface area contributed by atoms with Crippen molar-refractivity contribution in [3.63, 3.8) is 0 Å². The Hall–Kier alpha value is -2.13. The second-order valence-corrected chi connectivity index (χ2v) is 8.36. The van der Waals surface area contributed by atoms with Crippen LogP contribution in [-0.2, 0) is 24.4 Å². The van der Waals surface area contributed by atoms with Crippen LogP contribution in [0.4, 0.5) is 5.69 Å². The fourth-order valence-electron chi connectivity index (χ4n) is 2.16. The maximum absolute atomic E-state index is 11.8. The number of rotatable bonds is 11. The Balaban J connectivity index is 1.77. The average Bonchev–Trinajstić information content (AvgIpc) is 2.63. The van der Waals surface area contributed by atoms with Crippen molar-refractivity contribution in [2.75, 3.05) is 26.4 Å². The van der Waals surface area contributed by atoms with Gasteiger partial charge in [0.25, 0.3) is 5.09 Å². The van der Waals surface area contributed by atoms with Gasteiger partial charge in [-0.1, -0.05) is 11.6 Å². The van der Waals surface area contributed by atoms with Crippen LogP contribution in [0.5, 0.6) is 0 Å². The molecule has 4 N–H and O–H groups in total. The van der Waals surface area contributed by atoms with Gasteiger partial charge >= 0.3 is 0 Å². The largest absolute Gasteiger partial charge is 0.378 e. The molecule has 1 aromatic carbocycles. The lowest BCUT2D eigenvalue weighted by Gasteiger charge is -2.17. The Kier molecular flexibility index (Phi) is 8.45. The lowest BCUT2D eigenvalue weighted by molar-refractivity contribution is -0.758. The molecule has 1 heterocycles. The summed E-state index contributed by atoms with van der Waals surface area (Å²) in [6, 6.07) is 2.75. The highest BCUT2D eigenvalue weighted by atomic mass is 35.5. The quantitative estimate of drug-likeness (QED) is 0.183. The smallest absolute Gasteiger partial charge is 0.294 e. The molecular weight excluding hydrogens is 450 g/mol. The number of benzene rings is 1. The highest BCUT2D eigenvalue weighted by molar-refractivity contribution is 7.98. The van der Waals surface area contributed by atoms with E-state index in [-0.39, 0.29) is 48.6 Å². The van der Waals surface area contributed by atoms with Crippen molar-refractivity contribution < 1.29 is 27.9 Å². The molecule has 160 valence electrons. The molecule has 12 nitrogen and oxygen atoms in total. The molecule has 0 unspecified atom stereocenters. The second kappa shape index (κ2) is 10.6. The van der Waals surface area contributed by atoms with Gasteiger partial charge in [-0.25, -0.2) is 18.5 Å². The molecule has 0 atom stereocenters. The molecule has 0 aromatic heterocycles. The van der Waals surface area contributed by atoms with Crippen molar-refractivity contribution in [2.45, 2.75) is 22.6 Å². The predicted octanol–water partition coefficient (Wildman–Crippen LogP) is 0.749. The van der Waals surface area contributed by atoms with E-state index < -0.39 is 15.1 Å². The summed E-state index contributed by atoms with van der Waals surface area (Å²) in [6.07, 6.45) is 0.486. The van der Waals surface area contributed by atoms with Crippen molar-refractivity contribution in [1.82, 2.24) is 10.0 Å². The first-order valence-electron chi connectivity index (χ1n) is 8.15. The zero-order valence-electron chi connectivity index (χ0n) is 14.9. The minimum absolute atomic E-state index is 0.0294. The fourth-order valence-corrected chi connectivity index (χ4v) is 4.09. The zero-order chi connectivity index (χ0) is 21.4. The average molecular weight is 468 g/mol. The summed E-state index contributed by atoms with van der Waals surface area (Å²) in [5.41, 5.74) is 0.479. The van der Waals surface area contributed by atoms with Crippen LogP contribution in [0.1, 0.15) is 12.8 Å². The van der Waals surface area contributed by atoms with Crippen molar-refractivity contribution in [3.05, 3.63) is 27.3 Å². The minimum atomic E-state index is -3.94. The van der Waals surface area contributed by atoms with Gasteiger partial charge in [0.05, 0.1) is 28.8 Å². The molecule has 2 rings (SSSR count). The molecule has 0 spiro atoms. The van der Waals surface area contributed by atoms with E-state index >= 15 is 0 Å². The van der Waals surface area contributed by atoms with E-state index in [4.69, 9.17) is 21.5 Å². The molecule has 1 aliphatic rings. The van der Waals surface area contributed by atoms with E-state index in [1.165, 1.54) is 12.1 Å². The number of sulfonamides is 1. The normalized spacial score (nSPS) is 13.1. The lowest BCUT2D eigenvalue weighted by Crippen LogP contribution is -2.29. The van der Waals surface area contributed by atoms with Gasteiger partial charge in [0.1, 0.15) is 17.3 Å². The number of carbonyl (C=O) groups excluding carboxylic acids is 1. The number of primary sulfonamides is 1. The van der Waals surface area contributed by atoms with E-state index in [9.17, 15) is 23.3 Å². The number of fused-ring (bicyclic) bond motifs is 1. The highest BCUT2D eigenvalue weighted by Crippen LogP contribution is 2.37. The zero-order valence-corrected chi connectivity index (χ0v) is 17.3. The number of ether oxygens (including phenoxy) is 1. The summed E-state index contributed by atoms with van der Waals surface area (Å²) in [6.45, 7) is 0.319. The van der Waals surface area contributed by atoms with Crippen LogP contribution in [0.25, 0.3) is 0 Å². The molecule has 0 saturated heterocycles. The maximum Gasteiger partial charge on any atom is 0.294 e. The summed E-state index contributed by atoms with van der Waals surface area (Å²) >= 11 is 7.11. The third kappa shape index (κ3) is 7.66. The Labute approximate surface area is 175 Å². The molecule has 0 saturated carbocycles. The molecule has 0 aliphatic carbocycles. The van der Waals surface area contributed by atoms with Gasteiger partial charge in [-0.05, 0) is 24.1 Å². The summed E-state index contributed by atoms with van der Waals surface area (Å²) in [5, 5.41) is 16.8. The molecule has 0 bridgehead atoms. The van der Waals surface area contributed by atoms with Crippen molar-refractivity contribution in [2.24, 2.45) is 10.1 Å². The number of amides is 1. The number of halogens is 1. The van der Waals surface area contributed by atoms with E-state index in [0.717, 1.165) is 11.9 Å². The van der Waals surface area contributed by atoms with E-state index in [1.807, 2.05) is 0 Å². The Morgan fingerprint density at radius 2 is 2.14 bits per heavy atom. The monoisotopic (exact) mass is 467 g/mol. The van der Waals surface area contributed by atoms with Crippen LogP contribution in [0, 0.1) is 10.1 Å². The number of hydrogen-bond donors (Lipinski definition) is 3. The number of nitrogens with one attached hydrogen (secondary N) is 2. The second-order valence-electron chi connectivity index (χ2n) is 5.58. The number of nitrogens with two attached hydrogens (primary N) is 1. The summed E-state index contributed by atoms with van der Waals surface area (Å²) < 4.78 is 31.0. The summed E-state index contributed by atoms with van der Waals surface area (Å²) in [4.78, 5) is 30.6. The first kappa shape index (κ1) is 23.2. The molecule has 29 heavy (non-hydrogen) atoms. The standard InChI is InChI=1S/C14H18ClN5O7S2/c15-9-7-10-11(8-12(9)29(16,24)25)28-19-13(18-10)1-2-14(21)17-3-4-26-5-6-27-20(22)23/h7-8H,1-6H2,(H,17,21)(H,18,19)(H2,16,24,25). The summed E-state index contributed by atoms with van der Waals surface area (Å²) in [5.74, 6) is 0.309. The van der Waals surface area contributed by atoms with Crippen LogP contribution in [-0.4, -0.2) is 51.6 Å². The van der Waals surface area contributed by atoms with Crippen LogP contribution < -0.4 is 15.2 Å². The number of aliphatic imine (C=N–C) groups is 1. The number of amidine groups is 1. The Morgan fingerprint density at radius 1 is 1.38 bits per heavy atom. The van der Waals surface area contributed by atoms with Crippen LogP contribution in [0.2, 0.25) is 5.02 Å². The molecular formula is C14H18ClN5O7S2. The van der Waals surface area contributed by atoms with Gasteiger partial charge in [0.15, 0.2) is 0 Å². The van der Waals surface area contributed by atoms with Gasteiger partial charge in [0, 0.05) is 19.4 Å². The first-order valence-corrected chi connectivity index (χ1v) is 10.9. The van der Waals surface area contributed by atoms with Gasteiger partial charge in [0.2, 0.25) is 15.9 Å². The third-order valence-electron chi connectivity index (χ3n) is 3.44. The van der Waals surface area contributed by atoms with Crippen molar-refractivity contribution >= 4 is 51.0 Å². The summed E-state index contributed by atoms with van der Waals surface area (Å²) in [7, 11) is -3.94. The van der Waals surface area contributed by atoms with Crippen LogP contribution in [0.3, 0.4) is 0 Å². The Bertz CT molecular complexity index is 910. The van der Waals surface area contributed by atoms with Gasteiger partial charge in [-0.3, -0.25) is 4.79 Å². The van der Waals surface area contributed by atoms with Gasteiger partial charge < -0.3 is 19.6 Å². The number of hydrogen-bond acceptors (Lipinski definition) is 10. The van der Waals surface area contributed by atoms with E-state index in [1.54, 1.807) is 0 Å². The van der Waals surface area contributed by atoms with Gasteiger partial charge in [-0.15, -0.1) is 10.1 Å². The van der Waals surface area contributed by atoms with E-state index in [2.05, 4.69) is 19.9 Å². The molecule has 1 aromatic rings. The molecule has 0 fully saturated rings. The lowest BCUT2D eigenvalue weighted by atomic mass is 10.2. The van der Waals surface area contributed by atoms with Crippen molar-refractivity contribution in [3.8, 4) is 0 Å². The molecule has 0 radical (unpaired) electrons. The highest BCUT2D eigenvalue weighted by Gasteiger charge is 2.20. The van der Waals surface area contributed by atoms with E-state index in [0.29, 0.717) is 22.8 Å². The third-order valence-corrected chi connectivity index (χ3v) is 5.70. The number of nitrogens with zero attached hydrogens (tertiary/aromatic N) is 2. The fraction of sp³-hybridized carbons (Fsp3) is 0.429. The van der Waals surface area contributed by atoms with Gasteiger partial charge in [-0.2, -0.15) is 0 Å². The first-order chi connectivity index (χ1) is 13.7. The molecule has 1 amide bonds. The molecule has 1 aliphatic heterocycles. The maximum atomic E-state index is 11.8.